The van der Waals surface area contributed by atoms with Crippen LogP contribution in [0, 0.1) is 0 Å². The van der Waals surface area contributed by atoms with Crippen molar-refractivity contribution in [1.29, 1.82) is 0 Å². The summed E-state index contributed by atoms with van der Waals surface area (Å²) in [4.78, 5) is 11.1. The molecule has 16 heavy (non-hydrogen) atoms. The molecule has 4 nitrogen and oxygen atoms in total. The quantitative estimate of drug-likeness (QED) is 0.763. The smallest absolute Gasteiger partial charge is 0.219 e. The van der Waals surface area contributed by atoms with Crippen molar-refractivity contribution < 1.29 is 4.79 Å². The van der Waals surface area contributed by atoms with Crippen LogP contribution >= 0.6 is 0 Å². The van der Waals surface area contributed by atoms with Gasteiger partial charge in [0.25, 0.3) is 0 Å². The lowest BCUT2D eigenvalue weighted by Gasteiger charge is -2.14. The fraction of sp³-hybridized carbons (Fsp3) is 0.583. The summed E-state index contributed by atoms with van der Waals surface area (Å²) in [6.07, 6.45) is 3.52. The molecule has 0 fully saturated rings. The summed E-state index contributed by atoms with van der Waals surface area (Å²) in [5.41, 5.74) is 1.26. The third kappa shape index (κ3) is 3.38. The maximum absolute atomic E-state index is 11.1. The number of aryl methyl sites for hydroxylation is 1. The van der Waals surface area contributed by atoms with E-state index in [2.05, 4.69) is 34.4 Å². The van der Waals surface area contributed by atoms with E-state index in [1.54, 1.807) is 7.05 Å². The highest BCUT2D eigenvalue weighted by Gasteiger charge is 2.07. The molecule has 1 rings (SSSR count). The number of carbonyl (C=O) groups excluding carboxylic acids is 1. The zero-order chi connectivity index (χ0) is 12.0. The lowest BCUT2D eigenvalue weighted by molar-refractivity contribution is -0.120. The van der Waals surface area contributed by atoms with Gasteiger partial charge in [-0.25, -0.2) is 0 Å². The summed E-state index contributed by atoms with van der Waals surface area (Å²) in [6.45, 7) is 3.02. The number of carbonyl (C=O) groups is 1. The second kappa shape index (κ2) is 6.33. The largest absolute Gasteiger partial charge is 0.359 e. The Kier molecular flexibility index (Phi) is 5.05. The first-order chi connectivity index (χ1) is 7.69. The van der Waals surface area contributed by atoms with Crippen molar-refractivity contribution in [3.8, 4) is 0 Å². The molecule has 0 aliphatic rings. The molecule has 0 aromatic carbocycles. The molecular weight excluding hydrogens is 202 g/mol. The molecule has 0 bridgehead atoms. The molecule has 90 valence electrons. The van der Waals surface area contributed by atoms with Crippen molar-refractivity contribution in [1.82, 2.24) is 15.2 Å². The number of aromatic nitrogens is 1. The van der Waals surface area contributed by atoms with Gasteiger partial charge in [-0.1, -0.05) is 0 Å². The van der Waals surface area contributed by atoms with Gasteiger partial charge in [0.2, 0.25) is 5.91 Å². The third-order valence-electron chi connectivity index (χ3n) is 2.82. The Bertz CT molecular complexity index is 333. The second-order valence-corrected chi connectivity index (χ2v) is 3.91. The van der Waals surface area contributed by atoms with Crippen molar-refractivity contribution in [2.45, 2.75) is 32.4 Å². The van der Waals surface area contributed by atoms with Crippen molar-refractivity contribution in [3.63, 3.8) is 0 Å². The van der Waals surface area contributed by atoms with Crippen LogP contribution in [0.25, 0.3) is 0 Å². The van der Waals surface area contributed by atoms with E-state index in [0.29, 0.717) is 12.5 Å². The molecule has 4 heteroatoms. The zero-order valence-corrected chi connectivity index (χ0v) is 10.3. The SMILES string of the molecule is CNC(=O)CCCn1cccc1C(C)NC. The number of rotatable bonds is 6. The molecule has 0 aliphatic heterocycles. The highest BCUT2D eigenvalue weighted by molar-refractivity contribution is 5.75. The highest BCUT2D eigenvalue weighted by atomic mass is 16.1. The van der Waals surface area contributed by atoms with E-state index in [9.17, 15) is 4.79 Å². The number of hydrogen-bond acceptors (Lipinski definition) is 2. The molecule has 1 atom stereocenters. The van der Waals surface area contributed by atoms with Gasteiger partial charge in [-0.3, -0.25) is 4.79 Å². The molecule has 0 radical (unpaired) electrons. The first-order valence-electron chi connectivity index (χ1n) is 5.72. The summed E-state index contributed by atoms with van der Waals surface area (Å²) in [5, 5.41) is 5.85. The average molecular weight is 223 g/mol. The maximum Gasteiger partial charge on any atom is 0.219 e. The van der Waals surface area contributed by atoms with Crippen LogP contribution in [0.4, 0.5) is 0 Å². The third-order valence-corrected chi connectivity index (χ3v) is 2.82. The molecule has 1 unspecified atom stereocenters. The molecule has 2 N–H and O–H groups in total. The molecule has 0 saturated carbocycles. The summed E-state index contributed by atoms with van der Waals surface area (Å²) < 4.78 is 2.20. The Morgan fingerprint density at radius 3 is 2.88 bits per heavy atom. The zero-order valence-electron chi connectivity index (χ0n) is 10.3. The second-order valence-electron chi connectivity index (χ2n) is 3.91. The standard InChI is InChI=1S/C12H21N3O/c1-10(13-2)11-6-4-8-15(11)9-5-7-12(16)14-3/h4,6,8,10,13H,5,7,9H2,1-3H3,(H,14,16). The van der Waals surface area contributed by atoms with E-state index >= 15 is 0 Å². The molecule has 1 heterocycles. The van der Waals surface area contributed by atoms with Gasteiger partial charge in [-0.2, -0.15) is 0 Å². The summed E-state index contributed by atoms with van der Waals surface area (Å²) in [7, 11) is 3.62. The lowest BCUT2D eigenvalue weighted by atomic mass is 10.2. The number of hydrogen-bond donors (Lipinski definition) is 2. The minimum absolute atomic E-state index is 0.107. The van der Waals surface area contributed by atoms with Crippen LogP contribution in [-0.4, -0.2) is 24.6 Å². The Balaban J connectivity index is 2.48. The van der Waals surface area contributed by atoms with Gasteiger partial charge in [0, 0.05) is 37.9 Å². The van der Waals surface area contributed by atoms with E-state index < -0.39 is 0 Å². The minimum atomic E-state index is 0.107. The van der Waals surface area contributed by atoms with Crippen molar-refractivity contribution >= 4 is 5.91 Å². The average Bonchev–Trinajstić information content (AvgIpc) is 2.76. The lowest BCUT2D eigenvalue weighted by Crippen LogP contribution is -2.19. The number of nitrogens with zero attached hydrogens (tertiary/aromatic N) is 1. The van der Waals surface area contributed by atoms with Crippen LogP contribution in [0.3, 0.4) is 0 Å². The molecule has 0 spiro atoms. The first kappa shape index (κ1) is 12.8. The maximum atomic E-state index is 11.1. The van der Waals surface area contributed by atoms with Gasteiger partial charge in [-0.05, 0) is 32.5 Å². The van der Waals surface area contributed by atoms with Gasteiger partial charge in [0.05, 0.1) is 0 Å². The van der Waals surface area contributed by atoms with Crippen LogP contribution < -0.4 is 10.6 Å². The summed E-state index contributed by atoms with van der Waals surface area (Å²) in [5.74, 6) is 0.107. The van der Waals surface area contributed by atoms with E-state index in [0.717, 1.165) is 13.0 Å². The predicted molar refractivity (Wildman–Crippen MR) is 65.2 cm³/mol. The Morgan fingerprint density at radius 1 is 1.50 bits per heavy atom. The Morgan fingerprint density at radius 2 is 2.25 bits per heavy atom. The molecular formula is C12H21N3O. The summed E-state index contributed by atoms with van der Waals surface area (Å²) >= 11 is 0. The van der Waals surface area contributed by atoms with Gasteiger partial charge in [-0.15, -0.1) is 0 Å². The van der Waals surface area contributed by atoms with Gasteiger partial charge < -0.3 is 15.2 Å². The van der Waals surface area contributed by atoms with Crippen LogP contribution in [-0.2, 0) is 11.3 Å². The molecule has 0 aliphatic carbocycles. The van der Waals surface area contributed by atoms with Crippen molar-refractivity contribution in [3.05, 3.63) is 24.0 Å². The van der Waals surface area contributed by atoms with Crippen LogP contribution in [0.5, 0.6) is 0 Å². The van der Waals surface area contributed by atoms with Gasteiger partial charge >= 0.3 is 0 Å². The fourth-order valence-corrected chi connectivity index (χ4v) is 1.71. The van der Waals surface area contributed by atoms with Crippen LogP contribution in [0.1, 0.15) is 31.5 Å². The normalized spacial score (nSPS) is 12.4. The molecule has 0 saturated heterocycles. The molecule has 1 amide bonds. The summed E-state index contributed by atoms with van der Waals surface area (Å²) in [6, 6.07) is 4.50. The fourth-order valence-electron chi connectivity index (χ4n) is 1.71. The molecule has 1 aromatic heterocycles. The van der Waals surface area contributed by atoms with E-state index in [1.807, 2.05) is 13.1 Å². The van der Waals surface area contributed by atoms with Crippen molar-refractivity contribution in [2.75, 3.05) is 14.1 Å². The Hall–Kier alpha value is -1.29. The van der Waals surface area contributed by atoms with Crippen LogP contribution in [0.2, 0.25) is 0 Å². The minimum Gasteiger partial charge on any atom is -0.359 e. The van der Waals surface area contributed by atoms with Crippen LogP contribution in [0.15, 0.2) is 18.3 Å². The van der Waals surface area contributed by atoms with Gasteiger partial charge in [0.15, 0.2) is 0 Å². The number of amides is 1. The topological polar surface area (TPSA) is 46.1 Å². The predicted octanol–water partition coefficient (Wildman–Crippen LogP) is 1.29. The monoisotopic (exact) mass is 223 g/mol. The number of nitrogens with one attached hydrogen (secondary N) is 2. The van der Waals surface area contributed by atoms with Gasteiger partial charge in [0.1, 0.15) is 0 Å². The van der Waals surface area contributed by atoms with E-state index in [-0.39, 0.29) is 5.91 Å². The highest BCUT2D eigenvalue weighted by Crippen LogP contribution is 2.13. The van der Waals surface area contributed by atoms with E-state index in [4.69, 9.17) is 0 Å². The molecule has 1 aromatic rings. The van der Waals surface area contributed by atoms with E-state index in [1.165, 1.54) is 5.69 Å². The van der Waals surface area contributed by atoms with Crippen molar-refractivity contribution in [2.24, 2.45) is 0 Å². The first-order valence-corrected chi connectivity index (χ1v) is 5.72. The Labute approximate surface area is 97.0 Å².